The fourth-order valence-corrected chi connectivity index (χ4v) is 3.23. The molecule has 2 unspecified atom stereocenters. The molecule has 0 aromatic heterocycles. The average Bonchev–Trinajstić information content (AvgIpc) is 2.73. The number of piperidine rings is 1. The molecule has 2 heteroatoms. The molecule has 0 aromatic rings. The minimum absolute atomic E-state index is 0.833. The maximum Gasteiger partial charge on any atom is 0.00698 e. The zero-order valence-corrected chi connectivity index (χ0v) is 11.0. The third-order valence-corrected chi connectivity index (χ3v) is 4.54. The first-order valence-electron chi connectivity index (χ1n) is 7.23. The molecule has 2 fully saturated rings. The Morgan fingerprint density at radius 3 is 2.44 bits per heavy atom. The van der Waals surface area contributed by atoms with E-state index in [1.165, 1.54) is 58.3 Å². The number of nitrogens with zero attached hydrogens (tertiary/aromatic N) is 1. The second-order valence-corrected chi connectivity index (χ2v) is 5.90. The van der Waals surface area contributed by atoms with Crippen LogP contribution in [0.2, 0.25) is 0 Å². The molecular weight excluding hydrogens is 196 g/mol. The topological polar surface area (TPSA) is 15.3 Å². The third kappa shape index (κ3) is 3.46. The molecule has 2 aliphatic rings. The molecular formula is C14H28N2. The third-order valence-electron chi connectivity index (χ3n) is 4.54. The maximum atomic E-state index is 3.80. The summed E-state index contributed by atoms with van der Waals surface area (Å²) in [6, 6.07) is 0.833. The highest BCUT2D eigenvalue weighted by atomic mass is 15.1. The average molecular weight is 224 g/mol. The Bertz CT molecular complexity index is 197. The van der Waals surface area contributed by atoms with Crippen LogP contribution in [0.25, 0.3) is 0 Å². The molecule has 0 aromatic carbocycles. The first-order chi connectivity index (χ1) is 7.78. The molecule has 0 spiro atoms. The molecule has 1 aliphatic heterocycles. The van der Waals surface area contributed by atoms with Crippen molar-refractivity contribution in [2.24, 2.45) is 11.8 Å². The Hall–Kier alpha value is -0.0800. The van der Waals surface area contributed by atoms with Crippen molar-refractivity contribution >= 4 is 0 Å². The van der Waals surface area contributed by atoms with Gasteiger partial charge in [0.2, 0.25) is 0 Å². The zero-order valence-electron chi connectivity index (χ0n) is 11.0. The van der Waals surface area contributed by atoms with E-state index in [9.17, 15) is 0 Å². The Kier molecular flexibility index (Phi) is 4.66. The van der Waals surface area contributed by atoms with Gasteiger partial charge in [-0.25, -0.2) is 0 Å². The van der Waals surface area contributed by atoms with Gasteiger partial charge in [-0.1, -0.05) is 13.8 Å². The second kappa shape index (κ2) is 6.02. The van der Waals surface area contributed by atoms with Gasteiger partial charge in [0.05, 0.1) is 0 Å². The van der Waals surface area contributed by atoms with Crippen LogP contribution < -0.4 is 5.32 Å². The van der Waals surface area contributed by atoms with Gasteiger partial charge in [-0.05, 0) is 70.1 Å². The summed E-state index contributed by atoms with van der Waals surface area (Å²) in [6.45, 7) is 9.82. The number of rotatable bonds is 4. The summed E-state index contributed by atoms with van der Waals surface area (Å²) in [6.07, 6.45) is 7.07. The van der Waals surface area contributed by atoms with Crippen LogP contribution in [0.15, 0.2) is 0 Å². The molecule has 1 N–H and O–H groups in total. The molecule has 1 saturated carbocycles. The minimum Gasteiger partial charge on any atom is -0.314 e. The summed E-state index contributed by atoms with van der Waals surface area (Å²) in [5.41, 5.74) is 0. The number of likely N-dealkylation sites (tertiary alicyclic amines) is 1. The Morgan fingerprint density at radius 2 is 1.88 bits per heavy atom. The molecule has 94 valence electrons. The summed E-state index contributed by atoms with van der Waals surface area (Å²) >= 11 is 0. The van der Waals surface area contributed by atoms with Crippen molar-refractivity contribution in [2.45, 2.75) is 52.0 Å². The van der Waals surface area contributed by atoms with E-state index < -0.39 is 0 Å². The first-order valence-corrected chi connectivity index (χ1v) is 7.23. The number of hydrogen-bond acceptors (Lipinski definition) is 2. The Morgan fingerprint density at radius 1 is 1.12 bits per heavy atom. The van der Waals surface area contributed by atoms with E-state index in [0.29, 0.717) is 0 Å². The summed E-state index contributed by atoms with van der Waals surface area (Å²) in [4.78, 5) is 2.58. The molecule has 2 rings (SSSR count). The summed E-state index contributed by atoms with van der Waals surface area (Å²) < 4.78 is 0. The lowest BCUT2D eigenvalue weighted by Gasteiger charge is -2.31. The van der Waals surface area contributed by atoms with Crippen LogP contribution in [0.5, 0.6) is 0 Å². The lowest BCUT2D eigenvalue weighted by Crippen LogP contribution is -2.39. The van der Waals surface area contributed by atoms with E-state index >= 15 is 0 Å². The highest BCUT2D eigenvalue weighted by molar-refractivity contribution is 4.80. The van der Waals surface area contributed by atoms with E-state index in [1.54, 1.807) is 0 Å². The summed E-state index contributed by atoms with van der Waals surface area (Å²) in [7, 11) is 0. The van der Waals surface area contributed by atoms with Crippen molar-refractivity contribution in [3.05, 3.63) is 0 Å². The molecule has 2 atom stereocenters. The van der Waals surface area contributed by atoms with Crippen molar-refractivity contribution in [3.63, 3.8) is 0 Å². The predicted octanol–water partition coefficient (Wildman–Crippen LogP) is 2.50. The maximum absolute atomic E-state index is 3.80. The number of nitrogens with one attached hydrogen (secondary N) is 1. The van der Waals surface area contributed by atoms with Gasteiger partial charge in [-0.3, -0.25) is 0 Å². The molecule has 1 aliphatic carbocycles. The second-order valence-electron chi connectivity index (χ2n) is 5.90. The minimum atomic E-state index is 0.833. The van der Waals surface area contributed by atoms with Gasteiger partial charge in [0.15, 0.2) is 0 Å². The molecule has 0 bridgehead atoms. The van der Waals surface area contributed by atoms with Gasteiger partial charge in [0.25, 0.3) is 0 Å². The van der Waals surface area contributed by atoms with Crippen molar-refractivity contribution in [2.75, 3.05) is 26.2 Å². The largest absolute Gasteiger partial charge is 0.314 e. The molecule has 16 heavy (non-hydrogen) atoms. The van der Waals surface area contributed by atoms with E-state index in [-0.39, 0.29) is 0 Å². The fourth-order valence-electron chi connectivity index (χ4n) is 3.23. The van der Waals surface area contributed by atoms with E-state index in [1.807, 2.05) is 0 Å². The summed E-state index contributed by atoms with van der Waals surface area (Å²) in [5.74, 6) is 1.90. The highest BCUT2D eigenvalue weighted by Gasteiger charge is 2.23. The molecule has 2 nitrogen and oxygen atoms in total. The van der Waals surface area contributed by atoms with E-state index in [4.69, 9.17) is 0 Å². The van der Waals surface area contributed by atoms with Gasteiger partial charge < -0.3 is 10.2 Å². The number of hydrogen-bond donors (Lipinski definition) is 1. The first kappa shape index (κ1) is 12.4. The van der Waals surface area contributed by atoms with Crippen molar-refractivity contribution in [3.8, 4) is 0 Å². The van der Waals surface area contributed by atoms with Gasteiger partial charge in [0, 0.05) is 6.04 Å². The predicted molar refractivity (Wildman–Crippen MR) is 69.6 cm³/mol. The quantitative estimate of drug-likeness (QED) is 0.789. The van der Waals surface area contributed by atoms with Crippen molar-refractivity contribution in [1.82, 2.24) is 10.2 Å². The van der Waals surface area contributed by atoms with Crippen molar-refractivity contribution < 1.29 is 0 Å². The lowest BCUT2D eigenvalue weighted by molar-refractivity contribution is 0.187. The van der Waals surface area contributed by atoms with Crippen LogP contribution in [0.3, 0.4) is 0 Å². The van der Waals surface area contributed by atoms with Crippen LogP contribution in [-0.4, -0.2) is 37.1 Å². The highest BCUT2D eigenvalue weighted by Crippen LogP contribution is 2.25. The van der Waals surface area contributed by atoms with Crippen LogP contribution in [0, 0.1) is 11.8 Å². The van der Waals surface area contributed by atoms with Gasteiger partial charge >= 0.3 is 0 Å². The van der Waals surface area contributed by atoms with Crippen molar-refractivity contribution in [1.29, 1.82) is 0 Å². The van der Waals surface area contributed by atoms with Crippen LogP contribution in [0.1, 0.15) is 46.0 Å². The van der Waals surface area contributed by atoms with E-state index in [0.717, 1.165) is 17.9 Å². The SMILES string of the molecule is CCN1CCC(CNC2CCC(C)C2)CC1. The monoisotopic (exact) mass is 224 g/mol. The Labute approximate surface area is 101 Å². The normalized spacial score (nSPS) is 33.4. The fraction of sp³-hybridized carbons (Fsp3) is 1.00. The van der Waals surface area contributed by atoms with Gasteiger partial charge in [-0.15, -0.1) is 0 Å². The molecule has 0 amide bonds. The Balaban J connectivity index is 1.60. The molecule has 0 radical (unpaired) electrons. The lowest BCUT2D eigenvalue weighted by atomic mass is 9.96. The van der Waals surface area contributed by atoms with E-state index in [2.05, 4.69) is 24.1 Å². The van der Waals surface area contributed by atoms with Crippen LogP contribution >= 0.6 is 0 Å². The molecule has 1 saturated heterocycles. The van der Waals surface area contributed by atoms with Gasteiger partial charge in [-0.2, -0.15) is 0 Å². The smallest absolute Gasteiger partial charge is 0.00698 e. The zero-order chi connectivity index (χ0) is 11.4. The summed E-state index contributed by atoms with van der Waals surface area (Å²) in [5, 5.41) is 3.80. The molecule has 1 heterocycles. The van der Waals surface area contributed by atoms with Crippen LogP contribution in [0.4, 0.5) is 0 Å². The van der Waals surface area contributed by atoms with Gasteiger partial charge in [0.1, 0.15) is 0 Å². The standard InChI is InChI=1S/C14H28N2/c1-3-16-8-6-13(7-9-16)11-15-14-5-4-12(2)10-14/h12-15H,3-11H2,1-2H3. The van der Waals surface area contributed by atoms with Crippen LogP contribution in [-0.2, 0) is 0 Å².